The minimum absolute atomic E-state index is 0.132. The molecule has 2 rings (SSSR count). The van der Waals surface area contributed by atoms with Crippen LogP contribution >= 0.6 is 0 Å². The maximum Gasteiger partial charge on any atom is 0.254 e. The van der Waals surface area contributed by atoms with Crippen molar-refractivity contribution in [2.45, 2.75) is 19.9 Å². The summed E-state index contributed by atoms with van der Waals surface area (Å²) in [6, 6.07) is 4.58. The second kappa shape index (κ2) is 6.47. The molecule has 1 saturated heterocycles. The Hall–Kier alpha value is -2.24. The lowest BCUT2D eigenvalue weighted by Crippen LogP contribution is -2.55. The van der Waals surface area contributed by atoms with Gasteiger partial charge in [0.05, 0.1) is 13.7 Å². The second-order valence-electron chi connectivity index (χ2n) is 4.76. The van der Waals surface area contributed by atoms with Crippen molar-refractivity contribution in [3.05, 3.63) is 23.8 Å². The summed E-state index contributed by atoms with van der Waals surface area (Å²) in [5.41, 5.74) is 0.483. The van der Waals surface area contributed by atoms with Crippen molar-refractivity contribution < 1.29 is 19.1 Å². The molecule has 1 aromatic rings. The average Bonchev–Trinajstić information content (AvgIpc) is 2.50. The van der Waals surface area contributed by atoms with Gasteiger partial charge in [-0.25, -0.2) is 0 Å². The summed E-state index contributed by atoms with van der Waals surface area (Å²) >= 11 is 0. The van der Waals surface area contributed by atoms with Crippen molar-refractivity contribution in [2.24, 2.45) is 0 Å². The van der Waals surface area contributed by atoms with Crippen molar-refractivity contribution >= 4 is 11.8 Å². The Bertz CT molecular complexity index is 544. The van der Waals surface area contributed by atoms with E-state index >= 15 is 0 Å². The largest absolute Gasteiger partial charge is 0.493 e. The maximum absolute atomic E-state index is 12.5. The van der Waals surface area contributed by atoms with Gasteiger partial charge in [0.1, 0.15) is 6.04 Å². The number of hydrogen-bond donors (Lipinski definition) is 1. The molecule has 1 aliphatic heterocycles. The average molecular weight is 292 g/mol. The molecule has 0 aliphatic carbocycles. The van der Waals surface area contributed by atoms with E-state index in [-0.39, 0.29) is 11.8 Å². The van der Waals surface area contributed by atoms with Gasteiger partial charge in [0.15, 0.2) is 11.5 Å². The van der Waals surface area contributed by atoms with E-state index in [1.165, 1.54) is 7.11 Å². The quantitative estimate of drug-likeness (QED) is 0.901. The Morgan fingerprint density at radius 2 is 2.19 bits per heavy atom. The molecular formula is C15H20N2O4. The van der Waals surface area contributed by atoms with Gasteiger partial charge in [-0.05, 0) is 32.0 Å². The van der Waals surface area contributed by atoms with Crippen LogP contribution in [-0.4, -0.2) is 49.6 Å². The molecule has 1 atom stereocenters. The first kappa shape index (κ1) is 15.2. The predicted octanol–water partition coefficient (Wildman–Crippen LogP) is 1.05. The van der Waals surface area contributed by atoms with Crippen molar-refractivity contribution in [1.29, 1.82) is 0 Å². The molecule has 6 heteroatoms. The van der Waals surface area contributed by atoms with Crippen LogP contribution in [0.5, 0.6) is 11.5 Å². The van der Waals surface area contributed by atoms with Gasteiger partial charge < -0.3 is 19.7 Å². The van der Waals surface area contributed by atoms with Gasteiger partial charge >= 0.3 is 0 Å². The Morgan fingerprint density at radius 1 is 1.43 bits per heavy atom. The molecule has 0 spiro atoms. The number of rotatable bonds is 4. The number of benzene rings is 1. The number of methoxy groups -OCH3 is 1. The first-order valence-corrected chi connectivity index (χ1v) is 6.98. The van der Waals surface area contributed by atoms with Crippen LogP contribution in [0.15, 0.2) is 18.2 Å². The minimum Gasteiger partial charge on any atom is -0.493 e. The van der Waals surface area contributed by atoms with Crippen LogP contribution in [0.4, 0.5) is 0 Å². The molecule has 1 fully saturated rings. The molecule has 1 heterocycles. The Morgan fingerprint density at radius 3 is 2.86 bits per heavy atom. The van der Waals surface area contributed by atoms with Gasteiger partial charge in [-0.2, -0.15) is 0 Å². The molecule has 0 saturated carbocycles. The highest BCUT2D eigenvalue weighted by molar-refractivity contribution is 5.98. The number of nitrogens with zero attached hydrogens (tertiary/aromatic N) is 1. The van der Waals surface area contributed by atoms with Crippen molar-refractivity contribution in [3.63, 3.8) is 0 Å². The van der Waals surface area contributed by atoms with E-state index in [1.54, 1.807) is 30.0 Å². The zero-order valence-corrected chi connectivity index (χ0v) is 12.5. The first-order valence-electron chi connectivity index (χ1n) is 6.98. The summed E-state index contributed by atoms with van der Waals surface area (Å²) in [5, 5.41) is 2.74. The molecular weight excluding hydrogens is 272 g/mol. The minimum atomic E-state index is -0.469. The summed E-state index contributed by atoms with van der Waals surface area (Å²) in [6.45, 7) is 5.10. The van der Waals surface area contributed by atoms with E-state index in [9.17, 15) is 9.59 Å². The highest BCUT2D eigenvalue weighted by Crippen LogP contribution is 2.28. The summed E-state index contributed by atoms with van der Waals surface area (Å²) in [7, 11) is 1.53. The lowest BCUT2D eigenvalue weighted by atomic mass is 10.1. The van der Waals surface area contributed by atoms with Crippen LogP contribution in [0.2, 0.25) is 0 Å². The number of carbonyl (C=O) groups excluding carboxylic acids is 2. The number of ether oxygens (including phenoxy) is 2. The highest BCUT2D eigenvalue weighted by atomic mass is 16.5. The number of hydrogen-bond acceptors (Lipinski definition) is 4. The Labute approximate surface area is 124 Å². The molecule has 1 aliphatic rings. The van der Waals surface area contributed by atoms with Crippen molar-refractivity contribution in [3.8, 4) is 11.5 Å². The molecule has 1 N–H and O–H groups in total. The molecule has 2 amide bonds. The normalized spacial score (nSPS) is 18.1. The number of nitrogens with one attached hydrogen (secondary N) is 1. The summed E-state index contributed by atoms with van der Waals surface area (Å²) in [5.74, 6) is 0.795. The van der Waals surface area contributed by atoms with E-state index < -0.39 is 6.04 Å². The maximum atomic E-state index is 12.5. The standard InChI is InChI=1S/C15H20N2O4/c1-4-21-12-6-5-11(9-13(12)20-3)15(19)17-8-7-16-14(18)10(17)2/h5-6,9-10H,4,7-8H2,1-3H3,(H,16,18). The Balaban J connectivity index is 2.24. The molecule has 114 valence electrons. The van der Waals surface area contributed by atoms with Crippen LogP contribution < -0.4 is 14.8 Å². The predicted molar refractivity (Wildman–Crippen MR) is 77.7 cm³/mol. The SMILES string of the molecule is CCOc1ccc(C(=O)N2CCNC(=O)C2C)cc1OC. The number of piperazine rings is 1. The van der Waals surface area contributed by atoms with E-state index in [4.69, 9.17) is 9.47 Å². The van der Waals surface area contributed by atoms with E-state index in [0.717, 1.165) is 0 Å². The van der Waals surface area contributed by atoms with Crippen LogP contribution in [0.1, 0.15) is 24.2 Å². The molecule has 6 nitrogen and oxygen atoms in total. The summed E-state index contributed by atoms with van der Waals surface area (Å²) in [6.07, 6.45) is 0. The van der Waals surface area contributed by atoms with Gasteiger partial charge in [0.2, 0.25) is 5.91 Å². The van der Waals surface area contributed by atoms with E-state index in [2.05, 4.69) is 5.32 Å². The molecule has 1 aromatic carbocycles. The lowest BCUT2D eigenvalue weighted by Gasteiger charge is -2.33. The fourth-order valence-electron chi connectivity index (χ4n) is 2.30. The highest BCUT2D eigenvalue weighted by Gasteiger charge is 2.30. The fourth-order valence-corrected chi connectivity index (χ4v) is 2.30. The monoisotopic (exact) mass is 292 g/mol. The van der Waals surface area contributed by atoms with Gasteiger partial charge in [-0.1, -0.05) is 0 Å². The zero-order chi connectivity index (χ0) is 15.4. The molecule has 0 aromatic heterocycles. The van der Waals surface area contributed by atoms with Crippen LogP contribution in [0.25, 0.3) is 0 Å². The van der Waals surface area contributed by atoms with Crippen molar-refractivity contribution in [2.75, 3.05) is 26.8 Å². The van der Waals surface area contributed by atoms with Gasteiger partial charge in [-0.15, -0.1) is 0 Å². The zero-order valence-electron chi connectivity index (χ0n) is 12.5. The van der Waals surface area contributed by atoms with Crippen molar-refractivity contribution in [1.82, 2.24) is 10.2 Å². The second-order valence-corrected chi connectivity index (χ2v) is 4.76. The number of carbonyl (C=O) groups is 2. The van der Waals surface area contributed by atoms with Gasteiger partial charge in [0.25, 0.3) is 5.91 Å². The topological polar surface area (TPSA) is 67.9 Å². The lowest BCUT2D eigenvalue weighted by molar-refractivity contribution is -0.127. The molecule has 1 unspecified atom stereocenters. The molecule has 0 bridgehead atoms. The summed E-state index contributed by atoms with van der Waals surface area (Å²) < 4.78 is 10.7. The van der Waals surface area contributed by atoms with Gasteiger partial charge in [0, 0.05) is 18.7 Å². The molecule has 21 heavy (non-hydrogen) atoms. The fraction of sp³-hybridized carbons (Fsp3) is 0.467. The molecule has 0 radical (unpaired) electrons. The third-order valence-corrected chi connectivity index (χ3v) is 3.47. The van der Waals surface area contributed by atoms with Crippen LogP contribution in [0.3, 0.4) is 0 Å². The third-order valence-electron chi connectivity index (χ3n) is 3.47. The summed E-state index contributed by atoms with van der Waals surface area (Å²) in [4.78, 5) is 25.8. The third kappa shape index (κ3) is 3.09. The van der Waals surface area contributed by atoms with Gasteiger partial charge in [-0.3, -0.25) is 9.59 Å². The van der Waals surface area contributed by atoms with E-state index in [0.29, 0.717) is 36.8 Å². The first-order chi connectivity index (χ1) is 10.1. The van der Waals surface area contributed by atoms with Crippen LogP contribution in [0, 0.1) is 0 Å². The number of amides is 2. The van der Waals surface area contributed by atoms with Crippen LogP contribution in [-0.2, 0) is 4.79 Å². The van der Waals surface area contributed by atoms with E-state index in [1.807, 2.05) is 6.92 Å². The smallest absolute Gasteiger partial charge is 0.254 e. The Kier molecular flexibility index (Phi) is 4.67.